The standard InChI is InChI=1S/C60H84N6O26/c1-29(69)63-39-49(89-59-47(77)43(73)45(75)51(91-59)55(81)82)41(71)37(27-67)87-57(39)85-23-13-11-21-61-35(25-31-15-5-3-6-16-31)53(79)65-33-19-9-10-20-34(33)66-54(80)36(26-32-17-7-4-8-18-32)62-22-12-14-24-86-58-40(64-30(2)70)50(42(72)38(28-68)88-58)90-60-48(78)44(74)46(76)52(92-60)56(83)84/h3-10,15-20,35-52,57-62,67-68,71-78H,11-14,21-28H2,1-2H3,(H,63,69)(H,64,70)(H,65,79)(H,66,80)(H,81,82)(H,83,84)/t35-,36-,37-,38-,39-,40-,41-,42-,43+,44+,45+,46+,47-,48-,49-,50-,51+,52+,57-,58-,59+,60+/m1/s1. The number of carbonyl (C=O) groups excluding carboxylic acids is 4. The monoisotopic (exact) mass is 1300 g/mol. The molecule has 510 valence electrons. The Morgan fingerprint density at radius 2 is 0.815 bits per heavy atom. The van der Waals surface area contributed by atoms with E-state index in [9.17, 15) is 90.0 Å². The molecule has 0 aliphatic carbocycles. The third kappa shape index (κ3) is 19.6. The molecule has 7 rings (SSSR count). The van der Waals surface area contributed by atoms with E-state index in [0.29, 0.717) is 37.1 Å². The average molecular weight is 1310 g/mol. The van der Waals surface area contributed by atoms with Crippen molar-refractivity contribution >= 4 is 46.9 Å². The van der Waals surface area contributed by atoms with Crippen molar-refractivity contribution in [2.75, 3.05) is 50.2 Å². The number of aliphatic carboxylic acids is 2. The lowest BCUT2D eigenvalue weighted by Gasteiger charge is -2.47. The molecule has 3 aromatic carbocycles. The number of rotatable bonds is 32. The zero-order valence-electron chi connectivity index (χ0n) is 50.4. The Bertz CT molecular complexity index is 2650. The third-order valence-corrected chi connectivity index (χ3v) is 15.8. The number of para-hydroxylation sites is 2. The zero-order valence-corrected chi connectivity index (χ0v) is 50.4. The van der Waals surface area contributed by atoms with Crippen molar-refractivity contribution in [2.45, 2.75) is 187 Å². The summed E-state index contributed by atoms with van der Waals surface area (Å²) in [6, 6.07) is 20.7. The van der Waals surface area contributed by atoms with E-state index in [2.05, 4.69) is 31.9 Å². The molecule has 4 heterocycles. The Morgan fingerprint density at radius 3 is 1.15 bits per heavy atom. The van der Waals surface area contributed by atoms with E-state index in [1.165, 1.54) is 0 Å². The van der Waals surface area contributed by atoms with Crippen molar-refractivity contribution in [3.05, 3.63) is 96.1 Å². The molecule has 4 saturated heterocycles. The highest BCUT2D eigenvalue weighted by atomic mass is 16.7. The maximum absolute atomic E-state index is 14.3. The molecule has 32 nitrogen and oxygen atoms in total. The molecule has 0 bridgehead atoms. The largest absolute Gasteiger partial charge is 0.479 e. The molecule has 4 amide bonds. The minimum Gasteiger partial charge on any atom is -0.479 e. The van der Waals surface area contributed by atoms with E-state index in [1.54, 1.807) is 24.3 Å². The number of carbonyl (C=O) groups is 6. The van der Waals surface area contributed by atoms with Gasteiger partial charge in [0.15, 0.2) is 37.4 Å². The van der Waals surface area contributed by atoms with Crippen LogP contribution in [-0.4, -0.2) is 271 Å². The second-order valence-electron chi connectivity index (χ2n) is 22.6. The number of hydrogen-bond acceptors (Lipinski definition) is 26. The fourth-order valence-corrected chi connectivity index (χ4v) is 10.9. The van der Waals surface area contributed by atoms with Crippen molar-refractivity contribution in [1.82, 2.24) is 21.3 Å². The molecular formula is C60H84N6O26. The summed E-state index contributed by atoms with van der Waals surface area (Å²) in [7, 11) is 0. The molecule has 0 spiro atoms. The summed E-state index contributed by atoms with van der Waals surface area (Å²) in [5.41, 5.74) is 2.24. The van der Waals surface area contributed by atoms with Crippen molar-refractivity contribution in [2.24, 2.45) is 0 Å². The normalized spacial score (nSPS) is 32.1. The van der Waals surface area contributed by atoms with Crippen LogP contribution in [0.3, 0.4) is 0 Å². The Hall–Kier alpha value is -6.32. The van der Waals surface area contributed by atoms with Gasteiger partial charge >= 0.3 is 11.9 Å². The highest BCUT2D eigenvalue weighted by Crippen LogP contribution is 2.33. The van der Waals surface area contributed by atoms with Gasteiger partial charge in [-0.3, -0.25) is 19.2 Å². The predicted molar refractivity (Wildman–Crippen MR) is 315 cm³/mol. The molecule has 0 saturated carbocycles. The Kier molecular flexibility index (Phi) is 28.0. The first kappa shape index (κ1) is 73.1. The molecule has 3 aromatic rings. The Morgan fingerprint density at radius 1 is 0.457 bits per heavy atom. The lowest BCUT2D eigenvalue weighted by atomic mass is 9.95. The molecule has 4 fully saturated rings. The number of carboxylic acid groups (broad SMARTS) is 2. The van der Waals surface area contributed by atoms with Gasteiger partial charge in [-0.05, 0) is 74.9 Å². The summed E-state index contributed by atoms with van der Waals surface area (Å²) in [6.07, 6.45) is -30.4. The molecule has 18 N–H and O–H groups in total. The fourth-order valence-electron chi connectivity index (χ4n) is 10.9. The lowest BCUT2D eigenvalue weighted by molar-refractivity contribution is -0.340. The van der Waals surface area contributed by atoms with Gasteiger partial charge in [-0.2, -0.15) is 0 Å². The van der Waals surface area contributed by atoms with E-state index < -0.39 is 184 Å². The lowest BCUT2D eigenvalue weighted by Crippen LogP contribution is -2.68. The highest BCUT2D eigenvalue weighted by molar-refractivity contribution is 6.02. The van der Waals surface area contributed by atoms with Gasteiger partial charge in [0.25, 0.3) is 0 Å². The maximum atomic E-state index is 14.3. The van der Waals surface area contributed by atoms with Crippen molar-refractivity contribution in [3.8, 4) is 0 Å². The summed E-state index contributed by atoms with van der Waals surface area (Å²) >= 11 is 0. The first-order valence-electron chi connectivity index (χ1n) is 30.1. The molecule has 32 heteroatoms. The molecular weight excluding hydrogens is 1220 g/mol. The van der Waals surface area contributed by atoms with Crippen molar-refractivity contribution in [3.63, 3.8) is 0 Å². The van der Waals surface area contributed by atoms with E-state index in [4.69, 9.17) is 37.9 Å². The maximum Gasteiger partial charge on any atom is 0.335 e. The number of nitrogens with one attached hydrogen (secondary N) is 6. The number of carboxylic acids is 2. The van der Waals surface area contributed by atoms with E-state index in [1.807, 2.05) is 60.7 Å². The number of aliphatic hydroxyl groups is 10. The molecule has 92 heavy (non-hydrogen) atoms. The van der Waals surface area contributed by atoms with Gasteiger partial charge in [-0.25, -0.2) is 9.59 Å². The van der Waals surface area contributed by atoms with Crippen LogP contribution in [-0.2, 0) is 79.5 Å². The van der Waals surface area contributed by atoms with Gasteiger partial charge in [0.05, 0.1) is 36.7 Å². The van der Waals surface area contributed by atoms with Crippen LogP contribution in [0.5, 0.6) is 0 Å². The quantitative estimate of drug-likeness (QED) is 0.0261. The van der Waals surface area contributed by atoms with Gasteiger partial charge in [-0.15, -0.1) is 0 Å². The zero-order chi connectivity index (χ0) is 66.8. The van der Waals surface area contributed by atoms with Crippen LogP contribution < -0.4 is 31.9 Å². The average Bonchev–Trinajstić information content (AvgIpc) is 0.818. The number of anilines is 2. The molecule has 4 aliphatic heterocycles. The number of hydrogen-bond donors (Lipinski definition) is 18. The first-order valence-corrected chi connectivity index (χ1v) is 30.1. The fraction of sp³-hybridized carbons (Fsp3) is 0.600. The number of amides is 4. The minimum absolute atomic E-state index is 0.0455. The van der Waals surface area contributed by atoms with Gasteiger partial charge in [0, 0.05) is 27.1 Å². The van der Waals surface area contributed by atoms with Crippen LogP contribution >= 0.6 is 0 Å². The second kappa shape index (κ2) is 35.3. The summed E-state index contributed by atoms with van der Waals surface area (Å²) in [5, 5.41) is 142. The number of benzene rings is 3. The third-order valence-electron chi connectivity index (χ3n) is 15.8. The van der Waals surface area contributed by atoms with Gasteiger partial charge in [-0.1, -0.05) is 72.8 Å². The van der Waals surface area contributed by atoms with Crippen LogP contribution in [0.4, 0.5) is 11.4 Å². The predicted octanol–water partition coefficient (Wildman–Crippen LogP) is -4.72. The van der Waals surface area contributed by atoms with Gasteiger partial charge in [0.1, 0.15) is 85.3 Å². The Balaban J connectivity index is 0.948. The van der Waals surface area contributed by atoms with E-state index in [-0.39, 0.29) is 39.1 Å². The number of aliphatic hydroxyl groups excluding tert-OH is 10. The molecule has 4 aliphatic rings. The summed E-state index contributed by atoms with van der Waals surface area (Å²) in [4.78, 5) is 77.1. The van der Waals surface area contributed by atoms with Crippen molar-refractivity contribution in [1.29, 1.82) is 0 Å². The van der Waals surface area contributed by atoms with E-state index >= 15 is 0 Å². The van der Waals surface area contributed by atoms with Crippen LogP contribution in [0, 0.1) is 0 Å². The summed E-state index contributed by atoms with van der Waals surface area (Å²) in [6.45, 7) is 1.19. The summed E-state index contributed by atoms with van der Waals surface area (Å²) in [5.74, 6) is -5.53. The molecule has 0 aromatic heterocycles. The smallest absolute Gasteiger partial charge is 0.335 e. The minimum atomic E-state index is -2.04. The second-order valence-corrected chi connectivity index (χ2v) is 22.6. The molecule has 0 radical (unpaired) electrons. The topological polar surface area (TPSA) is 491 Å². The molecule has 22 atom stereocenters. The first-order chi connectivity index (χ1) is 44.0. The van der Waals surface area contributed by atoms with Gasteiger partial charge < -0.3 is 131 Å². The number of unbranched alkanes of at least 4 members (excludes halogenated alkanes) is 2. The summed E-state index contributed by atoms with van der Waals surface area (Å²) < 4.78 is 45.8. The number of ether oxygens (including phenoxy) is 8. The van der Waals surface area contributed by atoms with Crippen LogP contribution in [0.25, 0.3) is 0 Å². The Labute approximate surface area is 528 Å². The van der Waals surface area contributed by atoms with E-state index in [0.717, 1.165) is 25.0 Å². The van der Waals surface area contributed by atoms with Crippen LogP contribution in [0.1, 0.15) is 50.7 Å². The van der Waals surface area contributed by atoms with Crippen LogP contribution in [0.15, 0.2) is 84.9 Å². The molecule has 0 unspecified atom stereocenters. The van der Waals surface area contributed by atoms with Crippen LogP contribution in [0.2, 0.25) is 0 Å². The highest BCUT2D eigenvalue weighted by Gasteiger charge is 2.55. The van der Waals surface area contributed by atoms with Crippen molar-refractivity contribution < 1.29 is 128 Å². The van der Waals surface area contributed by atoms with Gasteiger partial charge in [0.2, 0.25) is 23.6 Å². The SMILES string of the molecule is CC(=O)N[C@H]1[C@H](OCCCCN[C@H](Cc2ccccc2)C(=O)Nc2ccccc2NC(=O)[C@@H](Cc2ccccc2)NCCCCO[C@@H]2O[C@H](CO)[C@@H](O)[C@H](O[C@H]3O[C@H](C(=O)O)[C@@H](O)[C@H](O)[C@H]3O)[C@H]2NC(C)=O)O[C@H](CO)[C@@H](O)[C@@H]1O[C@H]1O[C@H](C(=O)O)[C@@H](O)[C@H](O)[C@H]1O.